The van der Waals surface area contributed by atoms with Gasteiger partial charge in [-0.3, -0.25) is 20.2 Å². The van der Waals surface area contributed by atoms with Crippen molar-refractivity contribution < 1.29 is 47.7 Å². The van der Waals surface area contributed by atoms with Gasteiger partial charge in [-0.1, -0.05) is 6.58 Å². The van der Waals surface area contributed by atoms with Crippen molar-refractivity contribution in [2.45, 2.75) is 0 Å². The maximum Gasteiger partial charge on any atom is 0.299 e. The molecule has 0 atom stereocenters. The van der Waals surface area contributed by atoms with Gasteiger partial charge in [0.1, 0.15) is 12.3 Å². The van der Waals surface area contributed by atoms with Crippen molar-refractivity contribution in [3.8, 4) is 0 Å². The zero-order valence-electron chi connectivity index (χ0n) is 22.1. The van der Waals surface area contributed by atoms with Crippen LogP contribution in [-0.4, -0.2) is 115 Å². The summed E-state index contributed by atoms with van der Waals surface area (Å²) in [4.78, 5) is 20.5. The lowest BCUT2D eigenvalue weighted by atomic mass is 10.2. The lowest BCUT2D eigenvalue weighted by Crippen LogP contribution is -2.15. The molecule has 39 heavy (non-hydrogen) atoms. The monoisotopic (exact) mass is 561 g/mol. The topological polar surface area (TPSA) is 172 Å². The standard InChI is InChI=1S/C24H39N3O12/c1-2-32-7-8-34-11-12-36-15-16-38-19-20-39-18-17-37-14-13-35-10-9-33-6-5-25-23-4-3-22(26(28)29)21-24(23)27(30)31/h2-4,21,25H,1,5-20H2. The molecule has 1 N–H and O–H groups in total. The van der Waals surface area contributed by atoms with Crippen molar-refractivity contribution >= 4 is 17.1 Å². The summed E-state index contributed by atoms with van der Waals surface area (Å²) < 4.78 is 42.6. The minimum atomic E-state index is -0.681. The average Bonchev–Trinajstić information content (AvgIpc) is 2.92. The van der Waals surface area contributed by atoms with Crippen molar-refractivity contribution in [3.05, 3.63) is 51.3 Å². The van der Waals surface area contributed by atoms with Gasteiger partial charge in [-0.15, -0.1) is 0 Å². The summed E-state index contributed by atoms with van der Waals surface area (Å²) >= 11 is 0. The van der Waals surface area contributed by atoms with E-state index >= 15 is 0 Å². The third-order valence-corrected chi connectivity index (χ3v) is 4.65. The van der Waals surface area contributed by atoms with Gasteiger partial charge >= 0.3 is 0 Å². The van der Waals surface area contributed by atoms with Crippen LogP contribution >= 0.6 is 0 Å². The van der Waals surface area contributed by atoms with Gasteiger partial charge in [-0.25, -0.2) is 0 Å². The predicted molar refractivity (Wildman–Crippen MR) is 140 cm³/mol. The highest BCUT2D eigenvalue weighted by Crippen LogP contribution is 2.28. The Kier molecular flexibility index (Phi) is 21.1. The smallest absolute Gasteiger partial charge is 0.299 e. The number of nitrogens with one attached hydrogen (secondary N) is 1. The zero-order valence-corrected chi connectivity index (χ0v) is 22.1. The number of ether oxygens (including phenoxy) is 8. The Morgan fingerprint density at radius 1 is 0.641 bits per heavy atom. The van der Waals surface area contributed by atoms with E-state index in [0.717, 1.165) is 6.07 Å². The number of hydrogen-bond donors (Lipinski definition) is 1. The van der Waals surface area contributed by atoms with E-state index in [1.807, 2.05) is 0 Å². The third kappa shape index (κ3) is 18.9. The molecule has 0 fully saturated rings. The number of hydrogen-bond acceptors (Lipinski definition) is 13. The molecule has 1 rings (SSSR count). The molecule has 0 amide bonds. The lowest BCUT2D eigenvalue weighted by Gasteiger charge is -2.09. The van der Waals surface area contributed by atoms with Gasteiger partial charge in [-0.2, -0.15) is 0 Å². The number of rotatable bonds is 28. The largest absolute Gasteiger partial charge is 0.499 e. The SMILES string of the molecule is C=COCCOCCOCCOCCOCCOCCOCCOCCNc1ccc([N+](=O)[O-])cc1[N+](=O)[O-]. The molecule has 0 spiro atoms. The summed E-state index contributed by atoms with van der Waals surface area (Å²) in [5, 5.41) is 24.7. The van der Waals surface area contributed by atoms with E-state index in [9.17, 15) is 20.2 Å². The molecule has 0 heterocycles. The molecule has 0 aliphatic carbocycles. The van der Waals surface area contributed by atoms with Gasteiger partial charge in [0.25, 0.3) is 11.4 Å². The van der Waals surface area contributed by atoms with Gasteiger partial charge < -0.3 is 43.2 Å². The normalized spacial score (nSPS) is 10.9. The second-order valence-corrected chi connectivity index (χ2v) is 7.47. The van der Waals surface area contributed by atoms with Crippen molar-refractivity contribution in [2.24, 2.45) is 0 Å². The van der Waals surface area contributed by atoms with E-state index in [-0.39, 0.29) is 23.7 Å². The Morgan fingerprint density at radius 3 is 1.44 bits per heavy atom. The minimum Gasteiger partial charge on any atom is -0.499 e. The van der Waals surface area contributed by atoms with Crippen LogP contribution in [0.25, 0.3) is 0 Å². The van der Waals surface area contributed by atoms with Crippen LogP contribution in [0.3, 0.4) is 0 Å². The van der Waals surface area contributed by atoms with Crippen LogP contribution in [0.2, 0.25) is 0 Å². The number of non-ortho nitro benzene ring substituents is 1. The fourth-order valence-corrected chi connectivity index (χ4v) is 2.80. The summed E-state index contributed by atoms with van der Waals surface area (Å²) in [6, 6.07) is 3.43. The fourth-order valence-electron chi connectivity index (χ4n) is 2.80. The van der Waals surface area contributed by atoms with Crippen molar-refractivity contribution in [3.63, 3.8) is 0 Å². The molecule has 15 heteroatoms. The first-order valence-electron chi connectivity index (χ1n) is 12.5. The van der Waals surface area contributed by atoms with Crippen LogP contribution in [0.1, 0.15) is 0 Å². The number of benzene rings is 1. The lowest BCUT2D eigenvalue weighted by molar-refractivity contribution is -0.393. The summed E-state index contributed by atoms with van der Waals surface area (Å²) in [6.07, 6.45) is 1.38. The Labute approximate surface area is 227 Å². The van der Waals surface area contributed by atoms with Crippen LogP contribution in [0.5, 0.6) is 0 Å². The Hall–Kier alpha value is -2.92. The van der Waals surface area contributed by atoms with Gasteiger partial charge in [-0.05, 0) is 6.07 Å². The van der Waals surface area contributed by atoms with Gasteiger partial charge in [0.05, 0.1) is 115 Å². The highest BCUT2D eigenvalue weighted by molar-refractivity contribution is 5.65. The summed E-state index contributed by atoms with van der Waals surface area (Å²) in [6.45, 7) is 10.4. The zero-order chi connectivity index (χ0) is 28.4. The number of nitro benzene ring substituents is 2. The fraction of sp³-hybridized carbons (Fsp3) is 0.667. The maximum absolute atomic E-state index is 11.1. The van der Waals surface area contributed by atoms with Crippen LogP contribution in [0.4, 0.5) is 17.1 Å². The van der Waals surface area contributed by atoms with Crippen molar-refractivity contribution in [2.75, 3.05) is 111 Å². The summed E-state index contributed by atoms with van der Waals surface area (Å²) in [5.74, 6) is 0. The van der Waals surface area contributed by atoms with E-state index in [1.165, 1.54) is 18.4 Å². The molecule has 222 valence electrons. The Balaban J connectivity index is 1.82. The summed E-state index contributed by atoms with van der Waals surface area (Å²) in [5.41, 5.74) is -0.518. The van der Waals surface area contributed by atoms with E-state index in [4.69, 9.17) is 37.9 Å². The number of anilines is 1. The first-order valence-corrected chi connectivity index (χ1v) is 12.5. The molecular formula is C24H39N3O12. The number of nitro groups is 2. The van der Waals surface area contributed by atoms with Gasteiger partial charge in [0.2, 0.25) is 0 Å². The molecular weight excluding hydrogens is 522 g/mol. The maximum atomic E-state index is 11.1. The Bertz CT molecular complexity index is 800. The van der Waals surface area contributed by atoms with Crippen molar-refractivity contribution in [1.29, 1.82) is 0 Å². The van der Waals surface area contributed by atoms with Gasteiger partial charge in [0.15, 0.2) is 0 Å². The average molecular weight is 562 g/mol. The quantitative estimate of drug-likeness (QED) is 0.0683. The second-order valence-electron chi connectivity index (χ2n) is 7.47. The second kappa shape index (κ2) is 24.1. The predicted octanol–water partition coefficient (Wildman–Crippen LogP) is 2.19. The number of nitrogens with zero attached hydrogens (tertiary/aromatic N) is 2. The molecule has 0 unspecified atom stereocenters. The minimum absolute atomic E-state index is 0.188. The van der Waals surface area contributed by atoms with Crippen LogP contribution in [-0.2, 0) is 37.9 Å². The third-order valence-electron chi connectivity index (χ3n) is 4.65. The molecule has 0 aliphatic heterocycles. The van der Waals surface area contributed by atoms with Crippen LogP contribution < -0.4 is 5.32 Å². The van der Waals surface area contributed by atoms with E-state index in [2.05, 4.69) is 11.9 Å². The molecule has 1 aromatic carbocycles. The van der Waals surface area contributed by atoms with Crippen LogP contribution in [0.15, 0.2) is 31.0 Å². The van der Waals surface area contributed by atoms with E-state index < -0.39 is 9.85 Å². The molecule has 0 saturated heterocycles. The van der Waals surface area contributed by atoms with Gasteiger partial charge in [0, 0.05) is 12.6 Å². The molecule has 1 aromatic rings. The molecule has 0 bridgehead atoms. The first kappa shape index (κ1) is 34.1. The molecule has 0 aromatic heterocycles. The van der Waals surface area contributed by atoms with Crippen molar-refractivity contribution in [1.82, 2.24) is 0 Å². The van der Waals surface area contributed by atoms with Crippen LogP contribution in [0, 0.1) is 20.2 Å². The summed E-state index contributed by atoms with van der Waals surface area (Å²) in [7, 11) is 0. The highest BCUT2D eigenvalue weighted by atomic mass is 16.6. The molecule has 0 saturated carbocycles. The highest BCUT2D eigenvalue weighted by Gasteiger charge is 2.18. The Morgan fingerprint density at radius 2 is 1.05 bits per heavy atom. The first-order chi connectivity index (χ1) is 19.1. The molecule has 0 aliphatic rings. The molecule has 0 radical (unpaired) electrons. The van der Waals surface area contributed by atoms with E-state index in [0.29, 0.717) is 99.0 Å². The molecule has 15 nitrogen and oxygen atoms in total. The van der Waals surface area contributed by atoms with E-state index in [1.54, 1.807) is 0 Å².